The minimum Gasteiger partial charge on any atom is -0.380 e. The molecule has 6 nitrogen and oxygen atoms in total. The van der Waals surface area contributed by atoms with Gasteiger partial charge in [-0.3, -0.25) is 4.79 Å². The van der Waals surface area contributed by atoms with E-state index in [4.69, 9.17) is 4.74 Å². The SMILES string of the molecule is CCOC[C@@H]1CCC(c2ccc(C(F)(F)F)cc2)CN1c1ccc(NC(=O)Cc2ccc(S(=O)(=O)CC)cc2)cc1. The molecular weight excluding hydrogens is 553 g/mol. The van der Waals surface area contributed by atoms with Gasteiger partial charge in [0.1, 0.15) is 0 Å². The summed E-state index contributed by atoms with van der Waals surface area (Å²) < 4.78 is 68.8. The van der Waals surface area contributed by atoms with Crippen molar-refractivity contribution >= 4 is 27.1 Å². The van der Waals surface area contributed by atoms with E-state index in [0.717, 1.165) is 36.2 Å². The Bertz CT molecular complexity index is 1410. The lowest BCUT2D eigenvalue weighted by Crippen LogP contribution is -2.45. The first-order valence-corrected chi connectivity index (χ1v) is 15.4. The largest absolute Gasteiger partial charge is 0.416 e. The highest BCUT2D eigenvalue weighted by Gasteiger charge is 2.32. The molecule has 0 bridgehead atoms. The van der Waals surface area contributed by atoms with Gasteiger partial charge in [-0.05, 0) is 79.4 Å². The molecule has 10 heteroatoms. The number of hydrogen-bond donors (Lipinski definition) is 1. The van der Waals surface area contributed by atoms with Gasteiger partial charge >= 0.3 is 6.18 Å². The number of carbonyl (C=O) groups is 1. The molecule has 1 N–H and O–H groups in total. The fourth-order valence-electron chi connectivity index (χ4n) is 5.10. The summed E-state index contributed by atoms with van der Waals surface area (Å²) >= 11 is 0. The summed E-state index contributed by atoms with van der Waals surface area (Å²) in [5.41, 5.74) is 2.50. The molecule has 220 valence electrons. The number of ether oxygens (including phenoxy) is 1. The van der Waals surface area contributed by atoms with E-state index >= 15 is 0 Å². The van der Waals surface area contributed by atoms with Gasteiger partial charge < -0.3 is 15.0 Å². The molecule has 0 spiro atoms. The number of sulfone groups is 1. The van der Waals surface area contributed by atoms with Gasteiger partial charge in [-0.15, -0.1) is 0 Å². The second kappa shape index (κ2) is 13.1. The van der Waals surface area contributed by atoms with Crippen LogP contribution in [-0.2, 0) is 32.0 Å². The Labute approximate surface area is 239 Å². The molecule has 1 heterocycles. The van der Waals surface area contributed by atoms with Crippen molar-refractivity contribution in [3.8, 4) is 0 Å². The molecule has 0 aliphatic carbocycles. The summed E-state index contributed by atoms with van der Waals surface area (Å²) in [7, 11) is -3.29. The van der Waals surface area contributed by atoms with E-state index in [9.17, 15) is 26.4 Å². The number of piperidine rings is 1. The Hall–Kier alpha value is -3.37. The second-order valence-electron chi connectivity index (χ2n) is 10.2. The molecule has 0 radical (unpaired) electrons. The van der Waals surface area contributed by atoms with Crippen LogP contribution in [0.1, 0.15) is 49.3 Å². The van der Waals surface area contributed by atoms with Gasteiger partial charge in [0.05, 0.1) is 35.3 Å². The lowest BCUT2D eigenvalue weighted by molar-refractivity contribution is -0.137. The van der Waals surface area contributed by atoms with Crippen molar-refractivity contribution in [2.24, 2.45) is 0 Å². The third-order valence-electron chi connectivity index (χ3n) is 7.44. The van der Waals surface area contributed by atoms with Crippen LogP contribution >= 0.6 is 0 Å². The van der Waals surface area contributed by atoms with E-state index in [0.29, 0.717) is 31.0 Å². The van der Waals surface area contributed by atoms with Gasteiger partial charge in [-0.1, -0.05) is 31.2 Å². The molecule has 1 fully saturated rings. The van der Waals surface area contributed by atoms with Crippen LogP contribution < -0.4 is 10.2 Å². The predicted octanol–water partition coefficient (Wildman–Crippen LogP) is 6.47. The average molecular weight is 589 g/mol. The first kappa shape index (κ1) is 30.6. The zero-order valence-electron chi connectivity index (χ0n) is 23.2. The van der Waals surface area contributed by atoms with Gasteiger partial charge in [0.2, 0.25) is 5.91 Å². The number of alkyl halides is 3. The first-order valence-electron chi connectivity index (χ1n) is 13.7. The molecule has 2 atom stereocenters. The summed E-state index contributed by atoms with van der Waals surface area (Å²) in [5.74, 6) is -0.130. The van der Waals surface area contributed by atoms with Gasteiger partial charge in [0.25, 0.3) is 0 Å². The number of hydrogen-bond acceptors (Lipinski definition) is 5. The number of anilines is 2. The zero-order chi connectivity index (χ0) is 29.6. The van der Waals surface area contributed by atoms with Gasteiger partial charge in [0.15, 0.2) is 9.84 Å². The third-order valence-corrected chi connectivity index (χ3v) is 9.19. The van der Waals surface area contributed by atoms with Gasteiger partial charge in [-0.25, -0.2) is 8.42 Å². The normalized spacial score (nSPS) is 17.8. The summed E-state index contributed by atoms with van der Waals surface area (Å²) in [6.07, 6.45) is -2.58. The lowest BCUT2D eigenvalue weighted by atomic mass is 9.86. The molecule has 4 rings (SSSR count). The monoisotopic (exact) mass is 588 g/mol. The van der Waals surface area contributed by atoms with E-state index in [-0.39, 0.29) is 34.9 Å². The van der Waals surface area contributed by atoms with Gasteiger partial charge in [0, 0.05) is 30.4 Å². The molecule has 3 aromatic carbocycles. The minimum atomic E-state index is -4.36. The molecule has 1 saturated heterocycles. The fourth-order valence-corrected chi connectivity index (χ4v) is 5.98. The van der Waals surface area contributed by atoms with Crippen molar-refractivity contribution in [2.45, 2.75) is 56.1 Å². The van der Waals surface area contributed by atoms with Crippen molar-refractivity contribution in [1.29, 1.82) is 0 Å². The molecule has 1 unspecified atom stereocenters. The predicted molar refractivity (Wildman–Crippen MR) is 154 cm³/mol. The van der Waals surface area contributed by atoms with E-state index in [2.05, 4.69) is 10.2 Å². The van der Waals surface area contributed by atoms with Crippen molar-refractivity contribution in [3.05, 3.63) is 89.5 Å². The number of rotatable bonds is 10. The van der Waals surface area contributed by atoms with Crippen molar-refractivity contribution in [2.75, 3.05) is 35.7 Å². The topological polar surface area (TPSA) is 75.7 Å². The highest BCUT2D eigenvalue weighted by Crippen LogP contribution is 2.36. The number of nitrogens with zero attached hydrogens (tertiary/aromatic N) is 1. The van der Waals surface area contributed by atoms with Crippen LogP contribution in [0.2, 0.25) is 0 Å². The van der Waals surface area contributed by atoms with Crippen molar-refractivity contribution in [1.82, 2.24) is 0 Å². The summed E-state index contributed by atoms with van der Waals surface area (Å²) in [5, 5.41) is 2.88. The summed E-state index contributed by atoms with van der Waals surface area (Å²) in [6, 6.07) is 19.4. The Kier molecular flexibility index (Phi) is 9.76. The van der Waals surface area contributed by atoms with Gasteiger partial charge in [-0.2, -0.15) is 13.2 Å². The Morgan fingerprint density at radius 1 is 0.951 bits per heavy atom. The first-order chi connectivity index (χ1) is 19.5. The Balaban J connectivity index is 1.42. The van der Waals surface area contributed by atoms with Crippen LogP contribution in [0.4, 0.5) is 24.5 Å². The standard InChI is InChI=1S/C31H35F3N2O4S/c1-3-40-21-28-14-9-24(23-7-10-25(11-8-23)31(32,33)34)20-36(28)27-15-12-26(13-16-27)35-30(37)19-22-5-17-29(18-6-22)41(38,39)4-2/h5-8,10-13,15-18,24,28H,3-4,9,14,19-21H2,1-2H3,(H,35,37)/t24?,28-/m0/s1. The minimum absolute atomic E-state index is 0.0162. The van der Waals surface area contributed by atoms with Crippen molar-refractivity contribution in [3.63, 3.8) is 0 Å². The zero-order valence-corrected chi connectivity index (χ0v) is 24.0. The maximum atomic E-state index is 13.0. The van der Waals surface area contributed by atoms with Crippen LogP contribution in [0.15, 0.2) is 77.7 Å². The molecule has 0 saturated carbocycles. The lowest BCUT2D eigenvalue weighted by Gasteiger charge is -2.41. The highest BCUT2D eigenvalue weighted by atomic mass is 32.2. The third kappa shape index (κ3) is 7.89. The smallest absolute Gasteiger partial charge is 0.380 e. The Morgan fingerprint density at radius 3 is 2.20 bits per heavy atom. The summed E-state index contributed by atoms with van der Waals surface area (Å²) in [4.78, 5) is 15.1. The molecule has 41 heavy (non-hydrogen) atoms. The van der Waals surface area contributed by atoms with E-state index in [1.165, 1.54) is 12.1 Å². The second-order valence-corrected chi connectivity index (χ2v) is 12.5. The number of nitrogens with one attached hydrogen (secondary N) is 1. The maximum Gasteiger partial charge on any atom is 0.416 e. The number of benzene rings is 3. The van der Waals surface area contributed by atoms with Crippen LogP contribution in [0.5, 0.6) is 0 Å². The molecular formula is C31H35F3N2O4S. The van der Waals surface area contributed by atoms with E-state index < -0.39 is 21.6 Å². The molecule has 1 aliphatic rings. The maximum absolute atomic E-state index is 13.0. The molecule has 3 aromatic rings. The van der Waals surface area contributed by atoms with Crippen LogP contribution in [0.3, 0.4) is 0 Å². The molecule has 1 aliphatic heterocycles. The summed E-state index contributed by atoms with van der Waals surface area (Å²) in [6.45, 7) is 5.31. The molecule has 1 amide bonds. The van der Waals surface area contributed by atoms with E-state index in [1.54, 1.807) is 31.2 Å². The Morgan fingerprint density at radius 2 is 1.61 bits per heavy atom. The van der Waals surface area contributed by atoms with Crippen molar-refractivity contribution < 1.29 is 31.1 Å². The number of amides is 1. The quantitative estimate of drug-likeness (QED) is 0.294. The van der Waals surface area contributed by atoms with E-state index in [1.807, 2.05) is 31.2 Å². The highest BCUT2D eigenvalue weighted by molar-refractivity contribution is 7.91. The average Bonchev–Trinajstić information content (AvgIpc) is 2.96. The molecule has 0 aromatic heterocycles. The number of carbonyl (C=O) groups excluding carboxylic acids is 1. The van der Waals surface area contributed by atoms with Crippen LogP contribution in [0, 0.1) is 0 Å². The fraction of sp³-hybridized carbons (Fsp3) is 0.387. The van der Waals surface area contributed by atoms with Crippen LogP contribution in [0.25, 0.3) is 0 Å². The van der Waals surface area contributed by atoms with Crippen LogP contribution in [-0.4, -0.2) is 45.9 Å². The number of halogens is 3.